The zero-order chi connectivity index (χ0) is 19.3. The van der Waals surface area contributed by atoms with E-state index in [1.165, 1.54) is 0 Å². The molecule has 0 radical (unpaired) electrons. The van der Waals surface area contributed by atoms with Crippen molar-refractivity contribution in [1.29, 1.82) is 0 Å². The van der Waals surface area contributed by atoms with Gasteiger partial charge in [0.25, 0.3) is 5.69 Å². The first-order valence-electron chi connectivity index (χ1n) is 7.50. The molecule has 0 unspecified atom stereocenters. The zero-order valence-electron chi connectivity index (χ0n) is 13.7. The molecule has 140 valence electrons. The van der Waals surface area contributed by atoms with Gasteiger partial charge < -0.3 is 10.1 Å². The number of sulfone groups is 1. The van der Waals surface area contributed by atoms with Crippen LogP contribution in [0.1, 0.15) is 12.5 Å². The standard InChI is InChI=1S/C16H16F2N2O5S/c1-2-25-10-11-3-5-12(6-4-11)19-14-8-7-13(9-15(14)20(21)22)26(23,24)16(17)18/h3-9,16,19H,2,10H2,1H3. The molecule has 0 aliphatic heterocycles. The van der Waals surface area contributed by atoms with Crippen molar-refractivity contribution in [3.8, 4) is 0 Å². The third-order valence-corrected chi connectivity index (χ3v) is 4.81. The first-order valence-corrected chi connectivity index (χ1v) is 9.04. The molecule has 0 heterocycles. The lowest BCUT2D eigenvalue weighted by molar-refractivity contribution is -0.384. The minimum atomic E-state index is -4.92. The van der Waals surface area contributed by atoms with E-state index in [0.29, 0.717) is 25.0 Å². The number of anilines is 2. The van der Waals surface area contributed by atoms with Gasteiger partial charge in [-0.3, -0.25) is 10.1 Å². The highest BCUT2D eigenvalue weighted by atomic mass is 32.2. The van der Waals surface area contributed by atoms with E-state index in [-0.39, 0.29) is 5.69 Å². The van der Waals surface area contributed by atoms with E-state index in [1.54, 1.807) is 24.3 Å². The summed E-state index contributed by atoms with van der Waals surface area (Å²) < 4.78 is 53.5. The van der Waals surface area contributed by atoms with Gasteiger partial charge in [-0.05, 0) is 36.8 Å². The minimum Gasteiger partial charge on any atom is -0.377 e. The van der Waals surface area contributed by atoms with Crippen molar-refractivity contribution in [2.45, 2.75) is 24.2 Å². The van der Waals surface area contributed by atoms with Crippen LogP contribution >= 0.6 is 0 Å². The normalized spacial score (nSPS) is 11.5. The summed E-state index contributed by atoms with van der Waals surface area (Å²) in [5, 5.41) is 14.0. The molecule has 26 heavy (non-hydrogen) atoms. The topological polar surface area (TPSA) is 98.5 Å². The number of halogens is 2. The van der Waals surface area contributed by atoms with Crippen LogP contribution in [-0.2, 0) is 21.2 Å². The van der Waals surface area contributed by atoms with Crippen LogP contribution in [-0.4, -0.2) is 25.7 Å². The lowest BCUT2D eigenvalue weighted by atomic mass is 10.2. The Morgan fingerprint density at radius 1 is 1.19 bits per heavy atom. The average molecular weight is 386 g/mol. The number of alkyl halides is 2. The van der Waals surface area contributed by atoms with Crippen molar-refractivity contribution in [2.24, 2.45) is 0 Å². The molecular formula is C16H16F2N2O5S. The monoisotopic (exact) mass is 386 g/mol. The first-order chi connectivity index (χ1) is 12.3. The molecule has 0 atom stereocenters. The van der Waals surface area contributed by atoms with Gasteiger partial charge in [-0.2, -0.15) is 8.78 Å². The number of nitrogens with one attached hydrogen (secondary N) is 1. The summed E-state index contributed by atoms with van der Waals surface area (Å²) in [4.78, 5) is 9.55. The number of nitro benzene ring substituents is 1. The largest absolute Gasteiger partial charge is 0.377 e. The molecule has 2 rings (SSSR count). The molecule has 2 aromatic carbocycles. The lowest BCUT2D eigenvalue weighted by Gasteiger charge is -2.10. The smallest absolute Gasteiger partial charge is 0.341 e. The van der Waals surface area contributed by atoms with E-state index >= 15 is 0 Å². The number of hydrogen-bond donors (Lipinski definition) is 1. The minimum absolute atomic E-state index is 0.0132. The highest BCUT2D eigenvalue weighted by molar-refractivity contribution is 7.91. The molecule has 0 amide bonds. The molecule has 0 aliphatic carbocycles. The van der Waals surface area contributed by atoms with Gasteiger partial charge >= 0.3 is 5.76 Å². The van der Waals surface area contributed by atoms with E-state index < -0.39 is 31.1 Å². The Morgan fingerprint density at radius 2 is 1.85 bits per heavy atom. The molecule has 0 spiro atoms. The molecule has 0 bridgehead atoms. The lowest BCUT2D eigenvalue weighted by Crippen LogP contribution is -2.12. The molecule has 2 aromatic rings. The maximum atomic E-state index is 12.6. The van der Waals surface area contributed by atoms with Crippen molar-refractivity contribution >= 4 is 26.9 Å². The number of nitrogens with zero attached hydrogens (tertiary/aromatic N) is 1. The molecule has 10 heteroatoms. The SMILES string of the molecule is CCOCc1ccc(Nc2ccc(S(=O)(=O)C(F)F)cc2[N+](=O)[O-])cc1. The van der Waals surface area contributed by atoms with Gasteiger partial charge in [0, 0.05) is 18.4 Å². The second-order valence-corrected chi connectivity index (χ2v) is 7.12. The molecule has 7 nitrogen and oxygen atoms in total. The summed E-state index contributed by atoms with van der Waals surface area (Å²) in [5.74, 6) is -3.65. The van der Waals surface area contributed by atoms with Crippen LogP contribution in [0.25, 0.3) is 0 Å². The molecule has 0 saturated carbocycles. The molecule has 0 aromatic heterocycles. The number of nitro groups is 1. The summed E-state index contributed by atoms with van der Waals surface area (Å²) >= 11 is 0. The van der Waals surface area contributed by atoms with Gasteiger partial charge in [0.05, 0.1) is 16.4 Å². The Bertz CT molecular complexity index is 886. The van der Waals surface area contributed by atoms with E-state index in [2.05, 4.69) is 5.32 Å². The number of benzene rings is 2. The highest BCUT2D eigenvalue weighted by Crippen LogP contribution is 2.31. The Balaban J connectivity index is 2.30. The summed E-state index contributed by atoms with van der Waals surface area (Å²) in [5.41, 5.74) is 0.786. The quantitative estimate of drug-likeness (QED) is 0.546. The average Bonchev–Trinajstić information content (AvgIpc) is 2.61. The van der Waals surface area contributed by atoms with E-state index in [4.69, 9.17) is 4.74 Å². The summed E-state index contributed by atoms with van der Waals surface area (Å²) in [7, 11) is -4.92. The van der Waals surface area contributed by atoms with E-state index in [0.717, 1.165) is 17.7 Å². The van der Waals surface area contributed by atoms with Crippen LogP contribution in [0.3, 0.4) is 0 Å². The summed E-state index contributed by atoms with van der Waals surface area (Å²) in [6.45, 7) is 2.87. The van der Waals surface area contributed by atoms with Crippen molar-refractivity contribution in [1.82, 2.24) is 0 Å². The number of rotatable bonds is 8. The van der Waals surface area contributed by atoms with Crippen LogP contribution in [0.5, 0.6) is 0 Å². The Hall–Kier alpha value is -2.59. The number of hydrogen-bond acceptors (Lipinski definition) is 6. The second kappa shape index (κ2) is 8.19. The van der Waals surface area contributed by atoms with Crippen molar-refractivity contribution < 1.29 is 26.9 Å². The van der Waals surface area contributed by atoms with Crippen LogP contribution < -0.4 is 5.32 Å². The maximum absolute atomic E-state index is 12.6. The van der Waals surface area contributed by atoms with Gasteiger partial charge in [0.15, 0.2) is 0 Å². The zero-order valence-corrected chi connectivity index (χ0v) is 14.5. The maximum Gasteiger partial charge on any atom is 0.341 e. The molecule has 0 aliphatic rings. The van der Waals surface area contributed by atoms with Crippen LogP contribution in [0.4, 0.5) is 25.8 Å². The number of ether oxygens (including phenoxy) is 1. The van der Waals surface area contributed by atoms with Crippen LogP contribution in [0.2, 0.25) is 0 Å². The van der Waals surface area contributed by atoms with E-state index in [1.807, 2.05) is 6.92 Å². The van der Waals surface area contributed by atoms with Crippen molar-refractivity contribution in [2.75, 3.05) is 11.9 Å². The molecule has 0 saturated heterocycles. The first kappa shape index (κ1) is 19.7. The Morgan fingerprint density at radius 3 is 2.38 bits per heavy atom. The van der Waals surface area contributed by atoms with E-state index in [9.17, 15) is 27.3 Å². The van der Waals surface area contributed by atoms with Gasteiger partial charge in [-0.25, -0.2) is 8.42 Å². The third kappa shape index (κ3) is 4.52. The fraction of sp³-hybridized carbons (Fsp3) is 0.250. The van der Waals surface area contributed by atoms with Gasteiger partial charge in [-0.1, -0.05) is 12.1 Å². The predicted octanol–water partition coefficient (Wildman–Crippen LogP) is 3.87. The van der Waals surface area contributed by atoms with Gasteiger partial charge in [0.1, 0.15) is 5.69 Å². The van der Waals surface area contributed by atoms with Gasteiger partial charge in [-0.15, -0.1) is 0 Å². The van der Waals surface area contributed by atoms with Crippen LogP contribution in [0.15, 0.2) is 47.4 Å². The highest BCUT2D eigenvalue weighted by Gasteiger charge is 2.29. The Labute approximate surface area is 148 Å². The predicted molar refractivity (Wildman–Crippen MR) is 91.3 cm³/mol. The molecule has 0 fully saturated rings. The Kier molecular flexibility index (Phi) is 6.22. The molecular weight excluding hydrogens is 370 g/mol. The van der Waals surface area contributed by atoms with Crippen molar-refractivity contribution in [3.05, 3.63) is 58.1 Å². The fourth-order valence-electron chi connectivity index (χ4n) is 2.11. The fourth-order valence-corrected chi connectivity index (χ4v) is 2.85. The van der Waals surface area contributed by atoms with Gasteiger partial charge in [0.2, 0.25) is 9.84 Å². The third-order valence-electron chi connectivity index (χ3n) is 3.43. The summed E-state index contributed by atoms with van der Waals surface area (Å²) in [6, 6.07) is 9.47. The van der Waals surface area contributed by atoms with Crippen LogP contribution in [0, 0.1) is 10.1 Å². The second-order valence-electron chi connectivity index (χ2n) is 5.20. The van der Waals surface area contributed by atoms with Crippen molar-refractivity contribution in [3.63, 3.8) is 0 Å². The molecule has 1 N–H and O–H groups in total. The summed E-state index contributed by atoms with van der Waals surface area (Å²) in [6.07, 6.45) is 0.